The first-order valence-electron chi connectivity index (χ1n) is 9.15. The zero-order valence-electron chi connectivity index (χ0n) is 15.4. The van der Waals surface area contributed by atoms with Crippen LogP contribution >= 0.6 is 11.3 Å². The predicted octanol–water partition coefficient (Wildman–Crippen LogP) is 3.42. The number of rotatable bonds is 6. The average Bonchev–Trinajstić information content (AvgIpc) is 3.39. The Bertz CT molecular complexity index is 1050. The Morgan fingerprint density at radius 3 is 2.60 bits per heavy atom. The van der Waals surface area contributed by atoms with Gasteiger partial charge in [0.2, 0.25) is 0 Å². The number of sulfonamides is 1. The van der Waals surface area contributed by atoms with E-state index in [0.717, 1.165) is 36.7 Å². The van der Waals surface area contributed by atoms with Gasteiger partial charge in [0.05, 0.1) is 10.6 Å². The lowest BCUT2D eigenvalue weighted by atomic mass is 9.95. The number of carbonyl (C=O) groups is 1. The summed E-state index contributed by atoms with van der Waals surface area (Å²) in [6, 6.07) is 9.20. The van der Waals surface area contributed by atoms with Crippen molar-refractivity contribution in [3.8, 4) is 10.8 Å². The number of fused-ring (bicyclic) bond motifs is 2. The van der Waals surface area contributed by atoms with E-state index in [4.69, 9.17) is 4.74 Å². The van der Waals surface area contributed by atoms with Crippen LogP contribution in [0.3, 0.4) is 0 Å². The van der Waals surface area contributed by atoms with Crippen LogP contribution in [-0.2, 0) is 10.0 Å². The number of para-hydroxylation sites is 2. The summed E-state index contributed by atoms with van der Waals surface area (Å²) in [5.41, 5.74) is -5.81. The van der Waals surface area contributed by atoms with Crippen LogP contribution in [0.1, 0.15) is 28.9 Å². The largest absolute Gasteiger partial charge is 0.516 e. The Morgan fingerprint density at radius 1 is 1.17 bits per heavy atom. The van der Waals surface area contributed by atoms with Crippen molar-refractivity contribution in [3.63, 3.8) is 0 Å². The predicted molar refractivity (Wildman–Crippen MR) is 105 cm³/mol. The highest BCUT2D eigenvalue weighted by molar-refractivity contribution is 7.93. The number of carbonyl (C=O) groups excluding carboxylic acids is 1. The molecule has 7 nitrogen and oxygen atoms in total. The Balaban J connectivity index is 1.45. The summed E-state index contributed by atoms with van der Waals surface area (Å²) in [5.74, 6) is -0.364. The summed E-state index contributed by atoms with van der Waals surface area (Å²) >= 11 is 1.02. The monoisotopic (exact) mass is 461 g/mol. The van der Waals surface area contributed by atoms with Crippen LogP contribution in [0.25, 0.3) is 0 Å². The first kappa shape index (κ1) is 20.9. The van der Waals surface area contributed by atoms with Crippen LogP contribution in [0.2, 0.25) is 0 Å². The standard InChI is InChI=1S/C18H18F3N3O4S2/c19-18(20,21)30(26,27)24-12-3-1-2-4-14(12)28-16-8-7-15(29-16)17(25)23-13-9-10-5-6-11(13)22-10/h1-4,7-8,10-11,13,22,24H,5-6,9H2,(H,23,25). The van der Waals surface area contributed by atoms with E-state index in [1.54, 1.807) is 6.07 Å². The number of ether oxygens (including phenoxy) is 1. The van der Waals surface area contributed by atoms with Crippen molar-refractivity contribution in [2.45, 2.75) is 42.9 Å². The third-order valence-corrected chi connectivity index (χ3v) is 7.13. The lowest BCUT2D eigenvalue weighted by Gasteiger charge is -2.20. The average molecular weight is 461 g/mol. The van der Waals surface area contributed by atoms with E-state index in [2.05, 4.69) is 10.6 Å². The first-order valence-corrected chi connectivity index (χ1v) is 11.4. The molecule has 3 unspecified atom stereocenters. The second-order valence-corrected chi connectivity index (χ2v) is 9.85. The summed E-state index contributed by atoms with van der Waals surface area (Å²) < 4.78 is 67.8. The van der Waals surface area contributed by atoms with Crippen molar-refractivity contribution >= 4 is 33.0 Å². The number of nitrogens with one attached hydrogen (secondary N) is 3. The fourth-order valence-corrected chi connectivity index (χ4v) is 5.02. The van der Waals surface area contributed by atoms with Crippen LogP contribution in [0.15, 0.2) is 36.4 Å². The maximum atomic E-state index is 12.7. The third-order valence-electron chi connectivity index (χ3n) is 5.07. The SMILES string of the molecule is O=C(NC1CC2CCC1N2)c1ccc(Oc2ccccc2NS(=O)(=O)C(F)(F)F)s1. The first-order chi connectivity index (χ1) is 14.1. The van der Waals surface area contributed by atoms with Gasteiger partial charge in [-0.1, -0.05) is 23.5 Å². The van der Waals surface area contributed by atoms with E-state index in [0.29, 0.717) is 10.9 Å². The molecule has 2 bridgehead atoms. The lowest BCUT2D eigenvalue weighted by molar-refractivity contribution is -0.0429. The Morgan fingerprint density at radius 2 is 1.93 bits per heavy atom. The van der Waals surface area contributed by atoms with Crippen molar-refractivity contribution in [2.24, 2.45) is 0 Å². The number of alkyl halides is 3. The molecule has 12 heteroatoms. The molecule has 30 heavy (non-hydrogen) atoms. The van der Waals surface area contributed by atoms with Gasteiger partial charge in [-0.05, 0) is 43.5 Å². The molecule has 3 N–H and O–H groups in total. The molecule has 2 fully saturated rings. The topological polar surface area (TPSA) is 96.5 Å². The Labute approximate surface area is 174 Å². The van der Waals surface area contributed by atoms with E-state index < -0.39 is 15.5 Å². The maximum Gasteiger partial charge on any atom is 0.516 e. The number of benzene rings is 1. The molecule has 2 aromatic rings. The highest BCUT2D eigenvalue weighted by Gasteiger charge is 2.46. The van der Waals surface area contributed by atoms with Crippen molar-refractivity contribution in [1.29, 1.82) is 0 Å². The van der Waals surface area contributed by atoms with E-state index in [-0.39, 0.29) is 34.5 Å². The van der Waals surface area contributed by atoms with Gasteiger partial charge in [0.25, 0.3) is 5.91 Å². The number of anilines is 1. The van der Waals surface area contributed by atoms with Gasteiger partial charge in [-0.2, -0.15) is 21.6 Å². The van der Waals surface area contributed by atoms with Gasteiger partial charge in [-0.15, -0.1) is 0 Å². The summed E-state index contributed by atoms with van der Waals surface area (Å²) in [7, 11) is -5.59. The molecule has 2 aliphatic heterocycles. The van der Waals surface area contributed by atoms with Gasteiger partial charge in [-0.3, -0.25) is 9.52 Å². The summed E-state index contributed by atoms with van der Waals surface area (Å²) in [6.45, 7) is 0. The molecule has 2 saturated heterocycles. The van der Waals surface area contributed by atoms with Crippen molar-refractivity contribution in [1.82, 2.24) is 10.6 Å². The van der Waals surface area contributed by atoms with E-state index in [9.17, 15) is 26.4 Å². The van der Waals surface area contributed by atoms with Crippen LogP contribution in [0, 0.1) is 0 Å². The van der Waals surface area contributed by atoms with E-state index in [1.165, 1.54) is 29.0 Å². The van der Waals surface area contributed by atoms with E-state index in [1.807, 2.05) is 0 Å². The second-order valence-electron chi connectivity index (χ2n) is 7.13. The van der Waals surface area contributed by atoms with Gasteiger partial charge >= 0.3 is 15.5 Å². The summed E-state index contributed by atoms with van der Waals surface area (Å²) in [6.07, 6.45) is 3.03. The maximum absolute atomic E-state index is 12.7. The second kappa shape index (κ2) is 7.75. The molecule has 3 atom stereocenters. The highest BCUT2D eigenvalue weighted by Crippen LogP contribution is 2.36. The molecular weight excluding hydrogens is 443 g/mol. The zero-order valence-corrected chi connectivity index (χ0v) is 17.0. The molecule has 0 spiro atoms. The quantitative estimate of drug-likeness (QED) is 0.613. The third kappa shape index (κ3) is 4.25. The zero-order chi connectivity index (χ0) is 21.5. The van der Waals surface area contributed by atoms with Gasteiger partial charge in [0, 0.05) is 18.1 Å². The molecule has 1 aromatic carbocycles. The van der Waals surface area contributed by atoms with Crippen LogP contribution in [-0.4, -0.2) is 38.0 Å². The summed E-state index contributed by atoms with van der Waals surface area (Å²) in [5, 5.41) is 6.68. The molecule has 162 valence electrons. The number of hydrogen-bond donors (Lipinski definition) is 3. The molecular formula is C18H18F3N3O4S2. The lowest BCUT2D eigenvalue weighted by Crippen LogP contribution is -2.42. The molecule has 0 saturated carbocycles. The molecule has 4 rings (SSSR count). The highest BCUT2D eigenvalue weighted by atomic mass is 32.2. The van der Waals surface area contributed by atoms with Crippen LogP contribution < -0.4 is 20.1 Å². The Hall–Kier alpha value is -2.31. The minimum absolute atomic E-state index is 0.0696. The number of hydrogen-bond acceptors (Lipinski definition) is 6. The number of amides is 1. The summed E-state index contributed by atoms with van der Waals surface area (Å²) in [4.78, 5) is 12.9. The fourth-order valence-electron chi connectivity index (χ4n) is 3.67. The van der Waals surface area contributed by atoms with Crippen molar-refractivity contribution in [2.75, 3.05) is 4.72 Å². The van der Waals surface area contributed by atoms with Gasteiger partial charge < -0.3 is 15.4 Å². The normalized spacial score (nSPS) is 23.4. The molecule has 1 amide bonds. The van der Waals surface area contributed by atoms with Crippen molar-refractivity contribution < 1.29 is 31.1 Å². The molecule has 2 aliphatic rings. The van der Waals surface area contributed by atoms with Crippen molar-refractivity contribution in [3.05, 3.63) is 41.3 Å². The minimum atomic E-state index is -5.59. The van der Waals surface area contributed by atoms with Gasteiger partial charge in [0.1, 0.15) is 0 Å². The number of thiophene rings is 1. The Kier molecular flexibility index (Phi) is 5.41. The van der Waals surface area contributed by atoms with Crippen LogP contribution in [0.4, 0.5) is 18.9 Å². The van der Waals surface area contributed by atoms with E-state index >= 15 is 0 Å². The van der Waals surface area contributed by atoms with Gasteiger partial charge in [-0.25, -0.2) is 0 Å². The van der Waals surface area contributed by atoms with Crippen LogP contribution in [0.5, 0.6) is 10.8 Å². The molecule has 1 aromatic heterocycles. The molecule has 0 radical (unpaired) electrons. The fraction of sp³-hybridized carbons (Fsp3) is 0.389. The van der Waals surface area contributed by atoms with Gasteiger partial charge in [0.15, 0.2) is 10.8 Å². The number of halogens is 3. The molecule has 3 heterocycles. The molecule has 0 aliphatic carbocycles. The minimum Gasteiger partial charge on any atom is -0.444 e. The smallest absolute Gasteiger partial charge is 0.444 e.